The van der Waals surface area contributed by atoms with Crippen LogP contribution in [-0.2, 0) is 6.54 Å². The SMILES string of the molecule is CN(C)C(CNCc1cn2ccccc2n1)c1cccs1. The van der Waals surface area contributed by atoms with Crippen LogP contribution in [0.5, 0.6) is 0 Å². The Balaban J connectivity index is 1.62. The zero-order valence-electron chi connectivity index (χ0n) is 12.4. The maximum Gasteiger partial charge on any atom is 0.137 e. The van der Waals surface area contributed by atoms with Crippen molar-refractivity contribution in [2.45, 2.75) is 12.6 Å². The van der Waals surface area contributed by atoms with Crippen LogP contribution in [0.3, 0.4) is 0 Å². The monoisotopic (exact) mass is 300 g/mol. The summed E-state index contributed by atoms with van der Waals surface area (Å²) in [7, 11) is 4.24. The highest BCUT2D eigenvalue weighted by Crippen LogP contribution is 2.22. The lowest BCUT2D eigenvalue weighted by atomic mass is 10.2. The zero-order valence-corrected chi connectivity index (χ0v) is 13.2. The molecule has 21 heavy (non-hydrogen) atoms. The van der Waals surface area contributed by atoms with Gasteiger partial charge in [0.1, 0.15) is 5.65 Å². The molecule has 5 heteroatoms. The summed E-state index contributed by atoms with van der Waals surface area (Å²) in [6.07, 6.45) is 4.11. The van der Waals surface area contributed by atoms with Crippen molar-refractivity contribution in [3.63, 3.8) is 0 Å². The predicted octanol–water partition coefficient (Wildman–Crippen LogP) is 2.79. The summed E-state index contributed by atoms with van der Waals surface area (Å²) < 4.78 is 2.06. The van der Waals surface area contributed by atoms with Crippen molar-refractivity contribution in [1.29, 1.82) is 0 Å². The molecule has 1 N–H and O–H groups in total. The second-order valence-electron chi connectivity index (χ2n) is 5.32. The molecule has 4 nitrogen and oxygen atoms in total. The van der Waals surface area contributed by atoms with Crippen LogP contribution in [0.15, 0.2) is 48.1 Å². The summed E-state index contributed by atoms with van der Waals surface area (Å²) in [5.41, 5.74) is 2.07. The van der Waals surface area contributed by atoms with Crippen molar-refractivity contribution < 1.29 is 0 Å². The molecular weight excluding hydrogens is 280 g/mol. The number of nitrogens with zero attached hydrogens (tertiary/aromatic N) is 3. The van der Waals surface area contributed by atoms with E-state index in [2.05, 4.69) is 57.4 Å². The lowest BCUT2D eigenvalue weighted by Gasteiger charge is -2.23. The van der Waals surface area contributed by atoms with E-state index in [1.165, 1.54) is 4.88 Å². The number of hydrogen-bond donors (Lipinski definition) is 1. The molecule has 3 aromatic rings. The number of likely N-dealkylation sites (N-methyl/N-ethyl adjacent to an activating group) is 1. The van der Waals surface area contributed by atoms with Crippen LogP contribution in [0, 0.1) is 0 Å². The number of aromatic nitrogens is 2. The van der Waals surface area contributed by atoms with Gasteiger partial charge in [0.25, 0.3) is 0 Å². The van der Waals surface area contributed by atoms with Gasteiger partial charge in [-0.05, 0) is 37.7 Å². The maximum atomic E-state index is 4.61. The van der Waals surface area contributed by atoms with Crippen LogP contribution >= 0.6 is 11.3 Å². The third-order valence-electron chi connectivity index (χ3n) is 3.55. The first-order chi connectivity index (χ1) is 10.2. The number of pyridine rings is 1. The van der Waals surface area contributed by atoms with E-state index < -0.39 is 0 Å². The van der Waals surface area contributed by atoms with Gasteiger partial charge < -0.3 is 14.6 Å². The van der Waals surface area contributed by atoms with E-state index in [4.69, 9.17) is 0 Å². The summed E-state index contributed by atoms with van der Waals surface area (Å²) >= 11 is 1.81. The van der Waals surface area contributed by atoms with Gasteiger partial charge in [0.15, 0.2) is 0 Å². The van der Waals surface area contributed by atoms with Crippen molar-refractivity contribution in [1.82, 2.24) is 19.6 Å². The second-order valence-corrected chi connectivity index (χ2v) is 6.30. The fraction of sp³-hybridized carbons (Fsp3) is 0.312. The highest BCUT2D eigenvalue weighted by Gasteiger charge is 2.14. The van der Waals surface area contributed by atoms with Crippen molar-refractivity contribution in [2.75, 3.05) is 20.6 Å². The van der Waals surface area contributed by atoms with E-state index in [1.807, 2.05) is 35.7 Å². The molecule has 3 rings (SSSR count). The molecule has 3 heterocycles. The fourth-order valence-corrected chi connectivity index (χ4v) is 3.35. The van der Waals surface area contributed by atoms with Gasteiger partial charge in [-0.15, -0.1) is 11.3 Å². The smallest absolute Gasteiger partial charge is 0.137 e. The lowest BCUT2D eigenvalue weighted by molar-refractivity contribution is 0.292. The van der Waals surface area contributed by atoms with Crippen molar-refractivity contribution in [3.05, 3.63) is 58.7 Å². The number of nitrogens with one attached hydrogen (secondary N) is 1. The number of hydrogen-bond acceptors (Lipinski definition) is 4. The molecule has 0 saturated carbocycles. The maximum absolute atomic E-state index is 4.61. The third-order valence-corrected chi connectivity index (χ3v) is 4.53. The van der Waals surface area contributed by atoms with E-state index >= 15 is 0 Å². The molecule has 0 fully saturated rings. The van der Waals surface area contributed by atoms with E-state index in [-0.39, 0.29) is 0 Å². The van der Waals surface area contributed by atoms with E-state index in [9.17, 15) is 0 Å². The first-order valence-electron chi connectivity index (χ1n) is 7.07. The molecule has 0 radical (unpaired) electrons. The number of imidazole rings is 1. The summed E-state index contributed by atoms with van der Waals surface area (Å²) in [5, 5.41) is 5.65. The van der Waals surface area contributed by atoms with E-state index in [0.29, 0.717) is 6.04 Å². The first-order valence-corrected chi connectivity index (χ1v) is 7.95. The van der Waals surface area contributed by atoms with Crippen LogP contribution in [0.1, 0.15) is 16.6 Å². The van der Waals surface area contributed by atoms with Gasteiger partial charge in [-0.1, -0.05) is 12.1 Å². The zero-order chi connectivity index (χ0) is 14.7. The number of fused-ring (bicyclic) bond motifs is 1. The van der Waals surface area contributed by atoms with Gasteiger partial charge >= 0.3 is 0 Å². The summed E-state index contributed by atoms with van der Waals surface area (Å²) in [6, 6.07) is 10.8. The number of thiophene rings is 1. The Kier molecular flexibility index (Phi) is 4.34. The summed E-state index contributed by atoms with van der Waals surface area (Å²) in [4.78, 5) is 8.25. The predicted molar refractivity (Wildman–Crippen MR) is 87.6 cm³/mol. The Morgan fingerprint density at radius 3 is 2.90 bits per heavy atom. The fourth-order valence-electron chi connectivity index (χ4n) is 2.43. The Hall–Kier alpha value is -1.69. The molecule has 1 unspecified atom stereocenters. The van der Waals surface area contributed by atoms with Crippen LogP contribution < -0.4 is 5.32 Å². The van der Waals surface area contributed by atoms with Crippen LogP contribution in [0.25, 0.3) is 5.65 Å². The van der Waals surface area contributed by atoms with Gasteiger partial charge in [0.2, 0.25) is 0 Å². The minimum atomic E-state index is 0.405. The largest absolute Gasteiger partial charge is 0.309 e. The van der Waals surface area contributed by atoms with Crippen LogP contribution in [-0.4, -0.2) is 34.9 Å². The minimum absolute atomic E-state index is 0.405. The molecule has 0 spiro atoms. The lowest BCUT2D eigenvalue weighted by Crippen LogP contribution is -2.30. The Bertz CT molecular complexity index is 654. The molecule has 0 aliphatic carbocycles. The van der Waals surface area contributed by atoms with Gasteiger partial charge in [-0.2, -0.15) is 0 Å². The molecule has 0 saturated heterocycles. The summed E-state index contributed by atoms with van der Waals surface area (Å²) in [6.45, 7) is 1.71. The summed E-state index contributed by atoms with van der Waals surface area (Å²) in [5.74, 6) is 0. The Morgan fingerprint density at radius 2 is 2.19 bits per heavy atom. The quantitative estimate of drug-likeness (QED) is 0.760. The molecule has 1 atom stereocenters. The Labute approximate surface area is 129 Å². The van der Waals surface area contributed by atoms with E-state index in [1.54, 1.807) is 0 Å². The molecule has 110 valence electrons. The second kappa shape index (κ2) is 6.39. The van der Waals surface area contributed by atoms with Crippen molar-refractivity contribution in [2.24, 2.45) is 0 Å². The molecule has 0 amide bonds. The van der Waals surface area contributed by atoms with Gasteiger partial charge in [-0.25, -0.2) is 4.98 Å². The highest BCUT2D eigenvalue weighted by molar-refractivity contribution is 7.10. The van der Waals surface area contributed by atoms with Gasteiger partial charge in [0.05, 0.1) is 11.7 Å². The average Bonchev–Trinajstić information content (AvgIpc) is 3.11. The van der Waals surface area contributed by atoms with Crippen molar-refractivity contribution >= 4 is 17.0 Å². The van der Waals surface area contributed by atoms with Gasteiger partial charge in [0, 0.05) is 30.4 Å². The Morgan fingerprint density at radius 1 is 1.29 bits per heavy atom. The molecule has 0 aromatic carbocycles. The van der Waals surface area contributed by atoms with E-state index in [0.717, 1.165) is 24.4 Å². The van der Waals surface area contributed by atoms with Crippen molar-refractivity contribution in [3.8, 4) is 0 Å². The number of rotatable bonds is 6. The molecular formula is C16H20N4S. The molecule has 0 aliphatic rings. The van der Waals surface area contributed by atoms with Crippen LogP contribution in [0.4, 0.5) is 0 Å². The van der Waals surface area contributed by atoms with Crippen LogP contribution in [0.2, 0.25) is 0 Å². The highest BCUT2D eigenvalue weighted by atomic mass is 32.1. The standard InChI is InChI=1S/C16H20N4S/c1-19(2)14(15-6-5-9-21-15)11-17-10-13-12-20-8-4-3-7-16(20)18-13/h3-9,12,14,17H,10-11H2,1-2H3. The molecule has 0 aliphatic heterocycles. The molecule has 0 bridgehead atoms. The first kappa shape index (κ1) is 14.3. The topological polar surface area (TPSA) is 32.6 Å². The van der Waals surface area contributed by atoms with Gasteiger partial charge in [-0.3, -0.25) is 0 Å². The normalized spacial score (nSPS) is 13.1. The minimum Gasteiger partial charge on any atom is -0.309 e. The molecule has 3 aromatic heterocycles. The third kappa shape index (κ3) is 3.32. The average molecular weight is 300 g/mol.